The molecule has 0 aromatic heterocycles. The van der Waals surface area contributed by atoms with Gasteiger partial charge in [-0.3, -0.25) is 9.80 Å². The molecule has 4 rings (SSSR count). The first-order valence-corrected chi connectivity index (χ1v) is 14.4. The standard InChI is InChI=1S/C25H34Cl2N4O2S/c26-24-6-2-22(3-7-24)20-29-13-11-28(12-14-29)10-1-19-34(32,33)31-17-15-30(16-18-31)21-23-4-8-25(27)9-5-23/h2-9H,1,10-21H2. The van der Waals surface area contributed by atoms with Crippen LogP contribution in [0, 0.1) is 0 Å². The second kappa shape index (κ2) is 12.2. The summed E-state index contributed by atoms with van der Waals surface area (Å²) < 4.78 is 27.4. The molecule has 0 atom stereocenters. The lowest BCUT2D eigenvalue weighted by Crippen LogP contribution is -2.49. The maximum absolute atomic E-state index is 12.9. The molecule has 0 amide bonds. The molecule has 186 valence electrons. The van der Waals surface area contributed by atoms with Crippen molar-refractivity contribution in [3.63, 3.8) is 0 Å². The van der Waals surface area contributed by atoms with Crippen LogP contribution in [0.3, 0.4) is 0 Å². The van der Waals surface area contributed by atoms with Crippen molar-refractivity contribution in [1.29, 1.82) is 0 Å². The second-order valence-electron chi connectivity index (χ2n) is 9.22. The Kier molecular flexibility index (Phi) is 9.27. The summed E-state index contributed by atoms with van der Waals surface area (Å²) >= 11 is 11.9. The lowest BCUT2D eigenvalue weighted by atomic mass is 10.2. The molecule has 9 heteroatoms. The third kappa shape index (κ3) is 7.65. The molecule has 2 saturated heterocycles. The van der Waals surface area contributed by atoms with Gasteiger partial charge in [-0.15, -0.1) is 0 Å². The normalized spacial score (nSPS) is 19.5. The zero-order chi connectivity index (χ0) is 24.0. The number of sulfonamides is 1. The monoisotopic (exact) mass is 524 g/mol. The maximum Gasteiger partial charge on any atom is 0.214 e. The molecule has 2 aliphatic heterocycles. The minimum atomic E-state index is -3.20. The van der Waals surface area contributed by atoms with Gasteiger partial charge in [0.15, 0.2) is 0 Å². The van der Waals surface area contributed by atoms with Gasteiger partial charge in [0.25, 0.3) is 0 Å². The number of hydrogen-bond acceptors (Lipinski definition) is 5. The van der Waals surface area contributed by atoms with Crippen LogP contribution < -0.4 is 0 Å². The van der Waals surface area contributed by atoms with E-state index < -0.39 is 10.0 Å². The molecule has 34 heavy (non-hydrogen) atoms. The Morgan fingerprint density at radius 3 is 1.50 bits per heavy atom. The summed E-state index contributed by atoms with van der Waals surface area (Å²) in [5, 5.41) is 1.50. The Morgan fingerprint density at radius 1 is 0.618 bits per heavy atom. The summed E-state index contributed by atoms with van der Waals surface area (Å²) in [6.07, 6.45) is 0.685. The maximum atomic E-state index is 12.9. The summed E-state index contributed by atoms with van der Waals surface area (Å²) in [6.45, 7) is 9.24. The van der Waals surface area contributed by atoms with E-state index in [0.29, 0.717) is 19.5 Å². The molecular weight excluding hydrogens is 491 g/mol. The van der Waals surface area contributed by atoms with Crippen molar-refractivity contribution in [2.24, 2.45) is 0 Å². The topological polar surface area (TPSA) is 47.1 Å². The Morgan fingerprint density at radius 2 is 1.03 bits per heavy atom. The minimum absolute atomic E-state index is 0.231. The first kappa shape index (κ1) is 25.9. The molecule has 2 aromatic rings. The molecule has 2 heterocycles. The molecule has 0 aliphatic carbocycles. The molecule has 0 radical (unpaired) electrons. The van der Waals surface area contributed by atoms with Gasteiger partial charge in [0, 0.05) is 75.5 Å². The van der Waals surface area contributed by atoms with E-state index in [-0.39, 0.29) is 5.75 Å². The van der Waals surface area contributed by atoms with E-state index in [1.165, 1.54) is 11.1 Å². The molecule has 2 aromatic carbocycles. The van der Waals surface area contributed by atoms with Crippen LogP contribution in [0.5, 0.6) is 0 Å². The molecule has 0 unspecified atom stereocenters. The van der Waals surface area contributed by atoms with Crippen LogP contribution in [0.2, 0.25) is 10.0 Å². The van der Waals surface area contributed by atoms with Gasteiger partial charge in [-0.05, 0) is 48.4 Å². The van der Waals surface area contributed by atoms with Crippen molar-refractivity contribution in [3.8, 4) is 0 Å². The van der Waals surface area contributed by atoms with Gasteiger partial charge >= 0.3 is 0 Å². The highest BCUT2D eigenvalue weighted by molar-refractivity contribution is 7.89. The minimum Gasteiger partial charge on any atom is -0.301 e. The summed E-state index contributed by atoms with van der Waals surface area (Å²) in [6, 6.07) is 15.9. The molecular formula is C25H34Cl2N4O2S. The first-order chi connectivity index (χ1) is 16.4. The molecule has 0 N–H and O–H groups in total. The Bertz CT molecular complexity index is 1000. The van der Waals surface area contributed by atoms with Crippen LogP contribution in [-0.4, -0.2) is 92.1 Å². The number of rotatable bonds is 9. The Hall–Kier alpha value is -1.19. The molecule has 2 fully saturated rings. The van der Waals surface area contributed by atoms with Crippen molar-refractivity contribution in [2.75, 3.05) is 64.7 Å². The lowest BCUT2D eigenvalue weighted by molar-refractivity contribution is 0.127. The average molecular weight is 526 g/mol. The molecule has 0 bridgehead atoms. The number of nitrogens with zero attached hydrogens (tertiary/aromatic N) is 4. The molecule has 6 nitrogen and oxygen atoms in total. The van der Waals surface area contributed by atoms with Gasteiger partial charge in [-0.25, -0.2) is 8.42 Å². The summed E-state index contributed by atoms with van der Waals surface area (Å²) in [4.78, 5) is 7.14. The van der Waals surface area contributed by atoms with Gasteiger partial charge in [0.1, 0.15) is 0 Å². The zero-order valence-corrected chi connectivity index (χ0v) is 21.9. The quantitative estimate of drug-likeness (QED) is 0.501. The van der Waals surface area contributed by atoms with E-state index in [2.05, 4.69) is 26.8 Å². The summed E-state index contributed by atoms with van der Waals surface area (Å²) in [7, 11) is -3.20. The smallest absolute Gasteiger partial charge is 0.214 e. The molecule has 0 saturated carbocycles. The molecule has 2 aliphatic rings. The fourth-order valence-electron chi connectivity index (χ4n) is 4.63. The van der Waals surface area contributed by atoms with E-state index in [1.807, 2.05) is 36.4 Å². The first-order valence-electron chi connectivity index (χ1n) is 12.0. The third-order valence-corrected chi connectivity index (χ3v) is 9.17. The van der Waals surface area contributed by atoms with Crippen molar-refractivity contribution < 1.29 is 8.42 Å². The SMILES string of the molecule is O=S(=O)(CCCN1CCN(Cc2ccc(Cl)cc2)CC1)N1CCN(Cc2ccc(Cl)cc2)CC1. The Labute approximate surface area is 214 Å². The average Bonchev–Trinajstić information content (AvgIpc) is 2.83. The highest BCUT2D eigenvalue weighted by Crippen LogP contribution is 2.16. The number of halogens is 2. The van der Waals surface area contributed by atoms with Crippen molar-refractivity contribution in [3.05, 3.63) is 69.7 Å². The van der Waals surface area contributed by atoms with Gasteiger partial charge in [-0.2, -0.15) is 4.31 Å². The predicted molar refractivity (Wildman–Crippen MR) is 140 cm³/mol. The van der Waals surface area contributed by atoms with E-state index in [9.17, 15) is 8.42 Å². The largest absolute Gasteiger partial charge is 0.301 e. The van der Waals surface area contributed by atoms with Crippen LogP contribution >= 0.6 is 23.2 Å². The second-order valence-corrected chi connectivity index (χ2v) is 12.2. The van der Waals surface area contributed by atoms with Crippen LogP contribution in [0.25, 0.3) is 0 Å². The van der Waals surface area contributed by atoms with Gasteiger partial charge < -0.3 is 4.90 Å². The van der Waals surface area contributed by atoms with Crippen LogP contribution in [0.1, 0.15) is 17.5 Å². The van der Waals surface area contributed by atoms with E-state index >= 15 is 0 Å². The van der Waals surface area contributed by atoms with E-state index in [4.69, 9.17) is 23.2 Å². The van der Waals surface area contributed by atoms with Gasteiger partial charge in [-0.1, -0.05) is 47.5 Å². The van der Waals surface area contributed by atoms with Crippen LogP contribution in [0.15, 0.2) is 48.5 Å². The zero-order valence-electron chi connectivity index (χ0n) is 19.6. The summed E-state index contributed by atoms with van der Waals surface area (Å²) in [5.74, 6) is 0.231. The van der Waals surface area contributed by atoms with Crippen molar-refractivity contribution >= 4 is 33.2 Å². The number of hydrogen-bond donors (Lipinski definition) is 0. The van der Waals surface area contributed by atoms with Gasteiger partial charge in [0.05, 0.1) is 5.75 Å². The number of benzene rings is 2. The van der Waals surface area contributed by atoms with E-state index in [0.717, 1.165) is 68.9 Å². The summed E-state index contributed by atoms with van der Waals surface area (Å²) in [5.41, 5.74) is 2.48. The fraction of sp³-hybridized carbons (Fsp3) is 0.520. The van der Waals surface area contributed by atoms with Crippen molar-refractivity contribution in [2.45, 2.75) is 19.5 Å². The van der Waals surface area contributed by atoms with Gasteiger partial charge in [0.2, 0.25) is 10.0 Å². The van der Waals surface area contributed by atoms with E-state index in [1.54, 1.807) is 4.31 Å². The van der Waals surface area contributed by atoms with Crippen molar-refractivity contribution in [1.82, 2.24) is 19.0 Å². The highest BCUT2D eigenvalue weighted by Gasteiger charge is 2.27. The number of piperazine rings is 2. The van der Waals surface area contributed by atoms with Crippen LogP contribution in [0.4, 0.5) is 0 Å². The Balaban J connectivity index is 1.13. The highest BCUT2D eigenvalue weighted by atomic mass is 35.5. The molecule has 0 spiro atoms. The third-order valence-electron chi connectivity index (χ3n) is 6.71. The lowest BCUT2D eigenvalue weighted by Gasteiger charge is -2.35. The van der Waals surface area contributed by atoms with Crippen LogP contribution in [-0.2, 0) is 23.1 Å². The fourth-order valence-corrected chi connectivity index (χ4v) is 6.36. The predicted octanol–water partition coefficient (Wildman–Crippen LogP) is 3.65.